The maximum absolute atomic E-state index is 8.89. The monoisotopic (exact) mass is 482 g/mol. The Hall–Kier alpha value is -0.540. The minimum atomic E-state index is 0. The van der Waals surface area contributed by atoms with E-state index < -0.39 is 0 Å². The molecule has 0 aliphatic carbocycles. The smallest absolute Gasteiger partial charge is 0.191 e. The number of aliphatic imine (C=N–C) groups is 1. The van der Waals surface area contributed by atoms with Crippen LogP contribution in [0, 0.1) is 0 Å². The number of rotatable bonds is 5. The normalized spacial score (nSPS) is 18.0. The predicted octanol–water partition coefficient (Wildman–Crippen LogP) is 2.19. The molecule has 7 heteroatoms. The van der Waals surface area contributed by atoms with Crippen molar-refractivity contribution in [3.05, 3.63) is 28.7 Å². The molecule has 1 aromatic carbocycles. The maximum atomic E-state index is 8.89. The van der Waals surface area contributed by atoms with Gasteiger partial charge in [0.25, 0.3) is 0 Å². The van der Waals surface area contributed by atoms with E-state index in [2.05, 4.69) is 54.7 Å². The van der Waals surface area contributed by atoms with Gasteiger partial charge in [0.2, 0.25) is 0 Å². The van der Waals surface area contributed by atoms with Crippen LogP contribution in [-0.2, 0) is 0 Å². The summed E-state index contributed by atoms with van der Waals surface area (Å²) in [4.78, 5) is 6.70. The van der Waals surface area contributed by atoms with E-state index in [-0.39, 0.29) is 30.6 Å². The van der Waals surface area contributed by atoms with Gasteiger partial charge in [0, 0.05) is 30.1 Å². The molecule has 0 bridgehead atoms. The SMILES string of the molecule is CCNC(=NCCO)NC1CCN(c2ccccc2Br)C1.I. The van der Waals surface area contributed by atoms with Crippen molar-refractivity contribution in [2.45, 2.75) is 19.4 Å². The summed E-state index contributed by atoms with van der Waals surface area (Å²) in [5, 5.41) is 15.5. The third-order valence-electron chi connectivity index (χ3n) is 3.44. The molecule has 1 fully saturated rings. The van der Waals surface area contributed by atoms with Crippen LogP contribution in [0.5, 0.6) is 0 Å². The van der Waals surface area contributed by atoms with Gasteiger partial charge in [-0.2, -0.15) is 0 Å². The zero-order valence-corrected chi connectivity index (χ0v) is 16.7. The predicted molar refractivity (Wildman–Crippen MR) is 106 cm³/mol. The zero-order chi connectivity index (χ0) is 15.1. The van der Waals surface area contributed by atoms with Crippen molar-refractivity contribution in [3.63, 3.8) is 0 Å². The molecule has 5 nitrogen and oxygen atoms in total. The van der Waals surface area contributed by atoms with Crippen molar-refractivity contribution in [2.75, 3.05) is 37.7 Å². The number of anilines is 1. The highest BCUT2D eigenvalue weighted by molar-refractivity contribution is 14.0. The van der Waals surface area contributed by atoms with Gasteiger partial charge >= 0.3 is 0 Å². The average Bonchev–Trinajstić information content (AvgIpc) is 2.94. The molecule has 1 unspecified atom stereocenters. The van der Waals surface area contributed by atoms with Crippen molar-refractivity contribution < 1.29 is 5.11 Å². The van der Waals surface area contributed by atoms with Gasteiger partial charge < -0.3 is 20.6 Å². The van der Waals surface area contributed by atoms with Crippen molar-refractivity contribution in [3.8, 4) is 0 Å². The first-order valence-corrected chi connectivity index (χ1v) is 8.19. The third kappa shape index (κ3) is 5.58. The van der Waals surface area contributed by atoms with Gasteiger partial charge in [-0.3, -0.25) is 4.99 Å². The number of guanidine groups is 1. The molecule has 1 atom stereocenters. The Morgan fingerprint density at radius 3 is 2.91 bits per heavy atom. The lowest BCUT2D eigenvalue weighted by Crippen LogP contribution is -2.44. The second-order valence-electron chi connectivity index (χ2n) is 5.01. The summed E-state index contributed by atoms with van der Waals surface area (Å²) >= 11 is 3.61. The maximum Gasteiger partial charge on any atom is 0.191 e. The first-order chi connectivity index (χ1) is 10.2. The molecule has 1 aliphatic heterocycles. The molecule has 1 aromatic rings. The van der Waals surface area contributed by atoms with Gasteiger partial charge in [-0.1, -0.05) is 12.1 Å². The Kier molecular flexibility index (Phi) is 9.11. The Bertz CT molecular complexity index is 486. The number of nitrogens with one attached hydrogen (secondary N) is 2. The van der Waals surface area contributed by atoms with Crippen LogP contribution in [0.3, 0.4) is 0 Å². The molecular weight excluding hydrogens is 459 g/mol. The minimum Gasteiger partial charge on any atom is -0.394 e. The Balaban J connectivity index is 0.00000242. The lowest BCUT2D eigenvalue weighted by Gasteiger charge is -2.21. The number of aliphatic hydroxyl groups excluding tert-OH is 1. The molecule has 22 heavy (non-hydrogen) atoms. The number of hydrogen-bond donors (Lipinski definition) is 3. The Labute approximate surface area is 157 Å². The average molecular weight is 483 g/mol. The molecule has 0 amide bonds. The summed E-state index contributed by atoms with van der Waals surface area (Å²) in [6.07, 6.45) is 1.07. The number of benzene rings is 1. The molecule has 1 heterocycles. The highest BCUT2D eigenvalue weighted by atomic mass is 127. The number of hydrogen-bond acceptors (Lipinski definition) is 3. The fourth-order valence-corrected chi connectivity index (χ4v) is 3.02. The number of nitrogens with zero attached hydrogens (tertiary/aromatic N) is 2. The van der Waals surface area contributed by atoms with Gasteiger partial charge in [0.1, 0.15) is 0 Å². The Morgan fingerprint density at radius 2 is 2.23 bits per heavy atom. The first kappa shape index (κ1) is 19.5. The van der Waals surface area contributed by atoms with Crippen LogP contribution in [0.25, 0.3) is 0 Å². The number of aliphatic hydroxyl groups is 1. The molecule has 2 rings (SSSR count). The van der Waals surface area contributed by atoms with Gasteiger partial charge in [-0.05, 0) is 41.4 Å². The van der Waals surface area contributed by atoms with Crippen LogP contribution in [0.15, 0.2) is 33.7 Å². The van der Waals surface area contributed by atoms with Crippen molar-refractivity contribution >= 4 is 51.6 Å². The molecule has 1 aliphatic rings. The highest BCUT2D eigenvalue weighted by Gasteiger charge is 2.24. The molecule has 0 spiro atoms. The Morgan fingerprint density at radius 1 is 1.45 bits per heavy atom. The molecule has 124 valence electrons. The molecule has 3 N–H and O–H groups in total. The summed E-state index contributed by atoms with van der Waals surface area (Å²) in [6, 6.07) is 8.67. The van der Waals surface area contributed by atoms with Crippen LogP contribution in [0.2, 0.25) is 0 Å². The van der Waals surface area contributed by atoms with E-state index in [4.69, 9.17) is 5.11 Å². The second kappa shape index (κ2) is 10.3. The van der Waals surface area contributed by atoms with Crippen molar-refractivity contribution in [2.24, 2.45) is 4.99 Å². The van der Waals surface area contributed by atoms with Crippen LogP contribution in [0.1, 0.15) is 13.3 Å². The lowest BCUT2D eigenvalue weighted by molar-refractivity contribution is 0.306. The molecular formula is C15H24BrIN4O. The summed E-state index contributed by atoms with van der Waals surface area (Å²) in [5.41, 5.74) is 1.24. The van der Waals surface area contributed by atoms with Crippen molar-refractivity contribution in [1.82, 2.24) is 10.6 Å². The topological polar surface area (TPSA) is 59.9 Å². The number of para-hydroxylation sites is 1. The largest absolute Gasteiger partial charge is 0.394 e. The van der Waals surface area contributed by atoms with E-state index in [0.29, 0.717) is 12.6 Å². The van der Waals surface area contributed by atoms with Crippen molar-refractivity contribution in [1.29, 1.82) is 0 Å². The van der Waals surface area contributed by atoms with E-state index in [1.54, 1.807) is 0 Å². The van der Waals surface area contributed by atoms with E-state index in [0.717, 1.165) is 36.5 Å². The quantitative estimate of drug-likeness (QED) is 0.342. The van der Waals surface area contributed by atoms with Gasteiger partial charge in [0.05, 0.1) is 18.8 Å². The summed E-state index contributed by atoms with van der Waals surface area (Å²) < 4.78 is 1.13. The fourth-order valence-electron chi connectivity index (χ4n) is 2.48. The zero-order valence-electron chi connectivity index (χ0n) is 12.8. The van der Waals surface area contributed by atoms with Gasteiger partial charge in [-0.15, -0.1) is 24.0 Å². The van der Waals surface area contributed by atoms with E-state index in [9.17, 15) is 0 Å². The van der Waals surface area contributed by atoms with E-state index >= 15 is 0 Å². The third-order valence-corrected chi connectivity index (χ3v) is 4.11. The summed E-state index contributed by atoms with van der Waals surface area (Å²) in [5.74, 6) is 0.783. The van der Waals surface area contributed by atoms with Gasteiger partial charge in [0.15, 0.2) is 5.96 Å². The molecule has 1 saturated heterocycles. The molecule has 0 radical (unpaired) electrons. The lowest BCUT2D eigenvalue weighted by atomic mass is 10.3. The van der Waals surface area contributed by atoms with Gasteiger partial charge in [-0.25, -0.2) is 0 Å². The molecule has 0 saturated carbocycles. The second-order valence-corrected chi connectivity index (χ2v) is 5.87. The minimum absolute atomic E-state index is 0. The summed E-state index contributed by atoms with van der Waals surface area (Å²) in [6.45, 7) is 5.34. The summed E-state index contributed by atoms with van der Waals surface area (Å²) in [7, 11) is 0. The van der Waals surface area contributed by atoms with E-state index in [1.807, 2.05) is 13.0 Å². The van der Waals surface area contributed by atoms with Crippen LogP contribution in [0.4, 0.5) is 5.69 Å². The fraction of sp³-hybridized carbons (Fsp3) is 0.533. The van der Waals surface area contributed by atoms with Crippen LogP contribution < -0.4 is 15.5 Å². The van der Waals surface area contributed by atoms with Crippen LogP contribution in [-0.4, -0.2) is 49.9 Å². The van der Waals surface area contributed by atoms with E-state index in [1.165, 1.54) is 5.69 Å². The van der Waals surface area contributed by atoms with Crippen LogP contribution >= 0.6 is 39.9 Å². The standard InChI is InChI=1S/C15H23BrN4O.HI/c1-2-17-15(18-8-10-21)19-12-7-9-20(11-12)14-6-4-3-5-13(14)16;/h3-6,12,21H,2,7-11H2,1H3,(H2,17,18,19);1H. The first-order valence-electron chi connectivity index (χ1n) is 7.39. The highest BCUT2D eigenvalue weighted by Crippen LogP contribution is 2.28. The molecule has 0 aromatic heterocycles. The number of halogens is 2.